The van der Waals surface area contributed by atoms with E-state index in [1.165, 1.54) is 10.9 Å². The molecule has 1 heterocycles. The lowest BCUT2D eigenvalue weighted by atomic mass is 10.1. The molecule has 0 saturated heterocycles. The number of aromatic nitrogens is 2. The first-order chi connectivity index (χ1) is 8.50. The monoisotopic (exact) mass is 244 g/mol. The van der Waals surface area contributed by atoms with Crippen molar-refractivity contribution < 1.29 is 4.79 Å². The predicted octanol–water partition coefficient (Wildman–Crippen LogP) is 1.87. The largest absolute Gasteiger partial charge is 0.396 e. The van der Waals surface area contributed by atoms with Crippen LogP contribution in [0.15, 0.2) is 24.4 Å². The molecule has 0 bridgehead atoms. The Hall–Kier alpha value is -2.30. The van der Waals surface area contributed by atoms with E-state index in [1.807, 2.05) is 32.0 Å². The summed E-state index contributed by atoms with van der Waals surface area (Å²) < 4.78 is 1.47. The molecule has 2 rings (SSSR count). The van der Waals surface area contributed by atoms with E-state index in [0.717, 1.165) is 16.8 Å². The van der Waals surface area contributed by atoms with Crippen LogP contribution in [0.1, 0.15) is 21.6 Å². The highest BCUT2D eigenvalue weighted by Crippen LogP contribution is 2.21. The molecule has 2 aromatic rings. The van der Waals surface area contributed by atoms with Gasteiger partial charge in [0.15, 0.2) is 0 Å². The van der Waals surface area contributed by atoms with Gasteiger partial charge in [0.25, 0.3) is 5.91 Å². The summed E-state index contributed by atoms with van der Waals surface area (Å²) in [5, 5.41) is 6.84. The van der Waals surface area contributed by atoms with Crippen molar-refractivity contribution in [3.05, 3.63) is 41.2 Å². The zero-order valence-corrected chi connectivity index (χ0v) is 10.7. The molecular weight excluding hydrogens is 228 g/mol. The van der Waals surface area contributed by atoms with Gasteiger partial charge < -0.3 is 11.1 Å². The number of carbonyl (C=O) groups is 1. The number of anilines is 2. The van der Waals surface area contributed by atoms with Gasteiger partial charge in [-0.05, 0) is 25.0 Å². The van der Waals surface area contributed by atoms with Crippen molar-refractivity contribution >= 4 is 17.3 Å². The van der Waals surface area contributed by atoms with E-state index in [4.69, 9.17) is 5.73 Å². The van der Waals surface area contributed by atoms with E-state index in [-0.39, 0.29) is 5.91 Å². The molecule has 5 nitrogen and oxygen atoms in total. The fraction of sp³-hybridized carbons (Fsp3) is 0.231. The number of hydrogen-bond donors (Lipinski definition) is 2. The minimum atomic E-state index is -0.245. The van der Waals surface area contributed by atoms with E-state index in [2.05, 4.69) is 10.4 Å². The van der Waals surface area contributed by atoms with Crippen LogP contribution in [0.4, 0.5) is 11.4 Å². The summed E-state index contributed by atoms with van der Waals surface area (Å²) in [5.41, 5.74) is 9.33. The number of amides is 1. The van der Waals surface area contributed by atoms with Gasteiger partial charge in [-0.15, -0.1) is 0 Å². The Morgan fingerprint density at radius 2 is 1.94 bits per heavy atom. The van der Waals surface area contributed by atoms with Gasteiger partial charge in [-0.3, -0.25) is 9.48 Å². The lowest BCUT2D eigenvalue weighted by Crippen LogP contribution is -2.18. The quantitative estimate of drug-likeness (QED) is 0.847. The molecule has 1 amide bonds. The molecule has 0 aliphatic heterocycles. The number of nitrogens with one attached hydrogen (secondary N) is 1. The molecule has 0 aliphatic carbocycles. The van der Waals surface area contributed by atoms with E-state index < -0.39 is 0 Å². The maximum absolute atomic E-state index is 12.2. The third-order valence-electron chi connectivity index (χ3n) is 2.90. The van der Waals surface area contributed by atoms with Gasteiger partial charge in [-0.1, -0.05) is 18.2 Å². The van der Waals surface area contributed by atoms with Gasteiger partial charge in [-0.2, -0.15) is 5.10 Å². The van der Waals surface area contributed by atoms with Gasteiger partial charge in [-0.25, -0.2) is 0 Å². The van der Waals surface area contributed by atoms with Gasteiger partial charge in [0, 0.05) is 12.7 Å². The summed E-state index contributed by atoms with van der Waals surface area (Å²) in [5.74, 6) is -0.245. The zero-order chi connectivity index (χ0) is 13.3. The Balaban J connectivity index is 2.33. The highest BCUT2D eigenvalue weighted by Gasteiger charge is 2.16. The first-order valence-corrected chi connectivity index (χ1v) is 5.65. The number of hydrogen-bond acceptors (Lipinski definition) is 3. The summed E-state index contributed by atoms with van der Waals surface area (Å²) in [6.45, 7) is 3.91. The molecule has 1 aromatic heterocycles. The SMILES string of the molecule is Cc1cccc(C)c1NC(=O)c1c(N)cnn1C. The molecule has 0 spiro atoms. The minimum absolute atomic E-state index is 0.245. The predicted molar refractivity (Wildman–Crippen MR) is 71.5 cm³/mol. The van der Waals surface area contributed by atoms with Crippen LogP contribution in [0, 0.1) is 13.8 Å². The van der Waals surface area contributed by atoms with Crippen molar-refractivity contribution in [2.24, 2.45) is 7.05 Å². The van der Waals surface area contributed by atoms with Crippen molar-refractivity contribution in [1.82, 2.24) is 9.78 Å². The van der Waals surface area contributed by atoms with E-state index in [9.17, 15) is 4.79 Å². The maximum atomic E-state index is 12.2. The van der Waals surface area contributed by atoms with Crippen LogP contribution in [0.5, 0.6) is 0 Å². The standard InChI is InChI=1S/C13H16N4O/c1-8-5-4-6-9(2)11(8)16-13(18)12-10(14)7-15-17(12)3/h4-7H,14H2,1-3H3,(H,16,18). The number of nitrogen functional groups attached to an aromatic ring is 1. The summed E-state index contributed by atoms with van der Waals surface area (Å²) in [6.07, 6.45) is 1.47. The van der Waals surface area contributed by atoms with Crippen LogP contribution in [0.2, 0.25) is 0 Å². The van der Waals surface area contributed by atoms with Crippen LogP contribution in [-0.4, -0.2) is 15.7 Å². The van der Waals surface area contributed by atoms with Gasteiger partial charge in [0.1, 0.15) is 5.69 Å². The molecule has 0 fully saturated rings. The Morgan fingerprint density at radius 3 is 2.44 bits per heavy atom. The molecular formula is C13H16N4O. The third-order valence-corrected chi connectivity index (χ3v) is 2.90. The first-order valence-electron chi connectivity index (χ1n) is 5.65. The van der Waals surface area contributed by atoms with Crippen molar-refractivity contribution in [3.63, 3.8) is 0 Å². The fourth-order valence-corrected chi connectivity index (χ4v) is 1.92. The van der Waals surface area contributed by atoms with Crippen molar-refractivity contribution in [3.8, 4) is 0 Å². The van der Waals surface area contributed by atoms with Crippen LogP contribution in [0.25, 0.3) is 0 Å². The number of nitrogens with zero attached hydrogens (tertiary/aromatic N) is 2. The van der Waals surface area contributed by atoms with Crippen LogP contribution in [0.3, 0.4) is 0 Å². The van der Waals surface area contributed by atoms with Crippen LogP contribution < -0.4 is 11.1 Å². The average molecular weight is 244 g/mol. The van der Waals surface area contributed by atoms with Gasteiger partial charge in [0.2, 0.25) is 0 Å². The Morgan fingerprint density at radius 1 is 1.33 bits per heavy atom. The van der Waals surface area contributed by atoms with Gasteiger partial charge in [0.05, 0.1) is 11.9 Å². The van der Waals surface area contributed by atoms with E-state index in [1.54, 1.807) is 7.05 Å². The Labute approximate surface area is 106 Å². The van der Waals surface area contributed by atoms with E-state index in [0.29, 0.717) is 11.4 Å². The zero-order valence-electron chi connectivity index (χ0n) is 10.7. The number of rotatable bonds is 2. The highest BCUT2D eigenvalue weighted by molar-refractivity contribution is 6.07. The van der Waals surface area contributed by atoms with Crippen LogP contribution in [-0.2, 0) is 7.05 Å². The summed E-state index contributed by atoms with van der Waals surface area (Å²) in [4.78, 5) is 12.2. The average Bonchev–Trinajstić information content (AvgIpc) is 2.64. The first kappa shape index (κ1) is 12.2. The lowest BCUT2D eigenvalue weighted by molar-refractivity contribution is 0.101. The highest BCUT2D eigenvalue weighted by atomic mass is 16.2. The Kier molecular flexibility index (Phi) is 3.06. The number of benzene rings is 1. The molecule has 0 unspecified atom stereocenters. The van der Waals surface area contributed by atoms with Crippen molar-refractivity contribution in [2.75, 3.05) is 11.1 Å². The van der Waals surface area contributed by atoms with Crippen molar-refractivity contribution in [1.29, 1.82) is 0 Å². The number of carbonyl (C=O) groups excluding carboxylic acids is 1. The molecule has 1 aromatic carbocycles. The summed E-state index contributed by atoms with van der Waals surface area (Å²) >= 11 is 0. The molecule has 0 radical (unpaired) electrons. The van der Waals surface area contributed by atoms with Crippen molar-refractivity contribution in [2.45, 2.75) is 13.8 Å². The lowest BCUT2D eigenvalue weighted by Gasteiger charge is -2.11. The van der Waals surface area contributed by atoms with E-state index >= 15 is 0 Å². The molecule has 94 valence electrons. The number of para-hydroxylation sites is 1. The normalized spacial score (nSPS) is 10.4. The third kappa shape index (κ3) is 2.07. The second-order valence-electron chi connectivity index (χ2n) is 4.29. The molecule has 0 saturated carbocycles. The maximum Gasteiger partial charge on any atom is 0.276 e. The second kappa shape index (κ2) is 4.52. The Bertz CT molecular complexity index is 561. The molecule has 5 heteroatoms. The number of aryl methyl sites for hydroxylation is 3. The van der Waals surface area contributed by atoms with Crippen LogP contribution >= 0.6 is 0 Å². The summed E-state index contributed by atoms with van der Waals surface area (Å²) in [6, 6.07) is 5.86. The number of nitrogens with two attached hydrogens (primary N) is 1. The van der Waals surface area contributed by atoms with Gasteiger partial charge >= 0.3 is 0 Å². The molecule has 18 heavy (non-hydrogen) atoms. The second-order valence-corrected chi connectivity index (χ2v) is 4.29. The summed E-state index contributed by atoms with van der Waals surface area (Å²) in [7, 11) is 1.69. The minimum Gasteiger partial charge on any atom is -0.396 e. The topological polar surface area (TPSA) is 72.9 Å². The molecule has 0 aliphatic rings. The molecule has 3 N–H and O–H groups in total. The smallest absolute Gasteiger partial charge is 0.276 e. The fourth-order valence-electron chi connectivity index (χ4n) is 1.92. The molecule has 0 atom stereocenters.